The van der Waals surface area contributed by atoms with Gasteiger partial charge in [0.1, 0.15) is 0 Å². The van der Waals surface area contributed by atoms with Gasteiger partial charge in [-0.05, 0) is 24.5 Å². The highest BCUT2D eigenvalue weighted by Crippen LogP contribution is 2.11. The molecule has 3 rings (SSSR count). The van der Waals surface area contributed by atoms with Crippen molar-refractivity contribution in [2.75, 3.05) is 6.54 Å². The van der Waals surface area contributed by atoms with Gasteiger partial charge in [-0.2, -0.15) is 0 Å². The number of amides is 1. The van der Waals surface area contributed by atoms with Gasteiger partial charge >= 0.3 is 11.8 Å². The molecule has 0 unspecified atom stereocenters. The van der Waals surface area contributed by atoms with Gasteiger partial charge in [0.2, 0.25) is 5.89 Å². The standard InChI is InChI=1S/C20H21N3O2/c1-2-23(15-17-11-7-4-8-12-17)20(24)19-22-21-18(25-19)14-13-16-9-5-3-6-10-16/h3-12H,2,13-15H2,1H3. The molecule has 0 aliphatic carbocycles. The Morgan fingerprint density at radius 3 is 2.20 bits per heavy atom. The molecule has 5 nitrogen and oxygen atoms in total. The van der Waals surface area contributed by atoms with Crippen molar-refractivity contribution >= 4 is 5.91 Å². The molecule has 0 fully saturated rings. The van der Waals surface area contributed by atoms with Crippen molar-refractivity contribution in [2.45, 2.75) is 26.3 Å². The van der Waals surface area contributed by atoms with E-state index in [1.165, 1.54) is 5.56 Å². The van der Waals surface area contributed by atoms with E-state index in [1.54, 1.807) is 4.90 Å². The number of aryl methyl sites for hydroxylation is 2. The van der Waals surface area contributed by atoms with E-state index in [0.29, 0.717) is 25.4 Å². The van der Waals surface area contributed by atoms with Gasteiger partial charge in [-0.15, -0.1) is 10.2 Å². The SMILES string of the molecule is CCN(Cc1ccccc1)C(=O)c1nnc(CCc2ccccc2)o1. The highest BCUT2D eigenvalue weighted by atomic mass is 16.4. The van der Waals surface area contributed by atoms with Gasteiger partial charge in [-0.25, -0.2) is 0 Å². The summed E-state index contributed by atoms with van der Waals surface area (Å²) in [6.07, 6.45) is 1.42. The Bertz CT molecular complexity index is 800. The van der Waals surface area contributed by atoms with Crippen LogP contribution < -0.4 is 0 Å². The number of carbonyl (C=O) groups is 1. The highest BCUT2D eigenvalue weighted by molar-refractivity contribution is 5.89. The third-order valence-corrected chi connectivity index (χ3v) is 4.01. The summed E-state index contributed by atoms with van der Waals surface area (Å²) < 4.78 is 5.57. The first-order valence-corrected chi connectivity index (χ1v) is 8.45. The summed E-state index contributed by atoms with van der Waals surface area (Å²) >= 11 is 0. The first kappa shape index (κ1) is 16.9. The maximum atomic E-state index is 12.6. The third-order valence-electron chi connectivity index (χ3n) is 4.01. The van der Waals surface area contributed by atoms with Gasteiger partial charge in [0.05, 0.1) is 0 Å². The van der Waals surface area contributed by atoms with Gasteiger partial charge in [0.15, 0.2) is 0 Å². The van der Waals surface area contributed by atoms with Crippen LogP contribution in [-0.2, 0) is 19.4 Å². The van der Waals surface area contributed by atoms with Crippen molar-refractivity contribution in [3.63, 3.8) is 0 Å². The van der Waals surface area contributed by atoms with Crippen LogP contribution in [0.15, 0.2) is 65.1 Å². The molecule has 0 atom stereocenters. The van der Waals surface area contributed by atoms with E-state index in [2.05, 4.69) is 22.3 Å². The van der Waals surface area contributed by atoms with E-state index in [-0.39, 0.29) is 11.8 Å². The average molecular weight is 335 g/mol. The second-order valence-electron chi connectivity index (χ2n) is 5.79. The van der Waals surface area contributed by atoms with E-state index in [0.717, 1.165) is 12.0 Å². The molecule has 1 amide bonds. The molecule has 0 saturated heterocycles. The van der Waals surface area contributed by atoms with Gasteiger partial charge in [-0.1, -0.05) is 60.7 Å². The van der Waals surface area contributed by atoms with E-state index >= 15 is 0 Å². The minimum atomic E-state index is -0.232. The second kappa shape index (κ2) is 8.24. The fourth-order valence-electron chi connectivity index (χ4n) is 2.60. The third kappa shape index (κ3) is 4.53. The summed E-state index contributed by atoms with van der Waals surface area (Å²) in [7, 11) is 0. The summed E-state index contributed by atoms with van der Waals surface area (Å²) in [4.78, 5) is 14.3. The van der Waals surface area contributed by atoms with Crippen molar-refractivity contribution < 1.29 is 9.21 Å². The second-order valence-corrected chi connectivity index (χ2v) is 5.79. The lowest BCUT2D eigenvalue weighted by molar-refractivity contribution is 0.0710. The normalized spacial score (nSPS) is 10.6. The molecule has 0 N–H and O–H groups in total. The largest absolute Gasteiger partial charge is 0.417 e. The number of hydrogen-bond acceptors (Lipinski definition) is 4. The van der Waals surface area contributed by atoms with E-state index in [9.17, 15) is 4.79 Å². The predicted molar refractivity (Wildman–Crippen MR) is 95.0 cm³/mol. The lowest BCUT2D eigenvalue weighted by atomic mass is 10.1. The summed E-state index contributed by atoms with van der Waals surface area (Å²) in [6.45, 7) is 3.04. The zero-order chi connectivity index (χ0) is 17.5. The van der Waals surface area contributed by atoms with Crippen LogP contribution in [0.1, 0.15) is 34.6 Å². The Kier molecular flexibility index (Phi) is 5.57. The molecule has 1 heterocycles. The van der Waals surface area contributed by atoms with Crippen LogP contribution in [0.2, 0.25) is 0 Å². The minimum Gasteiger partial charge on any atom is -0.417 e. The maximum absolute atomic E-state index is 12.6. The van der Waals surface area contributed by atoms with Gasteiger partial charge in [0, 0.05) is 19.5 Å². The molecule has 0 saturated carbocycles. The maximum Gasteiger partial charge on any atom is 0.311 e. The minimum absolute atomic E-state index is 0.0563. The van der Waals surface area contributed by atoms with E-state index in [4.69, 9.17) is 4.42 Å². The number of aromatic nitrogens is 2. The molecule has 0 aliphatic heterocycles. The van der Waals surface area contributed by atoms with Crippen LogP contribution in [0, 0.1) is 0 Å². The van der Waals surface area contributed by atoms with Crippen LogP contribution in [0.3, 0.4) is 0 Å². The molecule has 25 heavy (non-hydrogen) atoms. The molecule has 1 aromatic heterocycles. The number of nitrogens with zero attached hydrogens (tertiary/aromatic N) is 3. The monoisotopic (exact) mass is 335 g/mol. The van der Waals surface area contributed by atoms with Crippen LogP contribution in [0.5, 0.6) is 0 Å². The first-order valence-electron chi connectivity index (χ1n) is 8.45. The zero-order valence-corrected chi connectivity index (χ0v) is 14.3. The Labute approximate surface area is 147 Å². The molecule has 128 valence electrons. The van der Waals surface area contributed by atoms with Crippen LogP contribution in [0.4, 0.5) is 0 Å². The molecule has 0 spiro atoms. The molecule has 3 aromatic rings. The summed E-state index contributed by atoms with van der Waals surface area (Å²) in [5.74, 6) is 0.314. The quantitative estimate of drug-likeness (QED) is 0.663. The fourth-order valence-corrected chi connectivity index (χ4v) is 2.60. The molecule has 0 aliphatic rings. The van der Waals surface area contributed by atoms with Crippen LogP contribution in [-0.4, -0.2) is 27.5 Å². The number of rotatable bonds is 7. The van der Waals surface area contributed by atoms with Gasteiger partial charge < -0.3 is 9.32 Å². The fraction of sp³-hybridized carbons (Fsp3) is 0.250. The Hall–Kier alpha value is -2.95. The zero-order valence-electron chi connectivity index (χ0n) is 14.3. The molecular formula is C20H21N3O2. The Balaban J connectivity index is 1.62. The first-order chi connectivity index (χ1) is 12.3. The average Bonchev–Trinajstić information content (AvgIpc) is 3.14. The van der Waals surface area contributed by atoms with Crippen molar-refractivity contribution in [1.29, 1.82) is 0 Å². The van der Waals surface area contributed by atoms with E-state index < -0.39 is 0 Å². The lowest BCUT2D eigenvalue weighted by Gasteiger charge is -2.18. The molecule has 5 heteroatoms. The van der Waals surface area contributed by atoms with Crippen LogP contribution >= 0.6 is 0 Å². The Morgan fingerprint density at radius 2 is 1.56 bits per heavy atom. The highest BCUT2D eigenvalue weighted by Gasteiger charge is 2.21. The van der Waals surface area contributed by atoms with Crippen molar-refractivity contribution in [1.82, 2.24) is 15.1 Å². The molecule has 0 bridgehead atoms. The summed E-state index contributed by atoms with van der Waals surface area (Å²) in [6, 6.07) is 20.0. The summed E-state index contributed by atoms with van der Waals surface area (Å²) in [5, 5.41) is 7.94. The van der Waals surface area contributed by atoms with Crippen LogP contribution in [0.25, 0.3) is 0 Å². The smallest absolute Gasteiger partial charge is 0.311 e. The number of benzene rings is 2. The molecular weight excluding hydrogens is 314 g/mol. The number of carbonyl (C=O) groups excluding carboxylic acids is 1. The predicted octanol–water partition coefficient (Wildman–Crippen LogP) is 3.52. The Morgan fingerprint density at radius 1 is 0.920 bits per heavy atom. The van der Waals surface area contributed by atoms with Crippen molar-refractivity contribution in [3.05, 3.63) is 83.6 Å². The topological polar surface area (TPSA) is 59.2 Å². The number of hydrogen-bond donors (Lipinski definition) is 0. The van der Waals surface area contributed by atoms with Crippen molar-refractivity contribution in [2.24, 2.45) is 0 Å². The van der Waals surface area contributed by atoms with Crippen molar-refractivity contribution in [3.8, 4) is 0 Å². The summed E-state index contributed by atoms with van der Waals surface area (Å²) in [5.41, 5.74) is 2.27. The van der Waals surface area contributed by atoms with Gasteiger partial charge in [0.25, 0.3) is 0 Å². The molecule has 0 radical (unpaired) electrons. The molecule has 2 aromatic carbocycles. The lowest BCUT2D eigenvalue weighted by Crippen LogP contribution is -2.30. The van der Waals surface area contributed by atoms with Gasteiger partial charge in [-0.3, -0.25) is 4.79 Å². The van der Waals surface area contributed by atoms with E-state index in [1.807, 2.05) is 55.5 Å².